The van der Waals surface area contributed by atoms with Crippen LogP contribution in [-0.2, 0) is 32.7 Å². The predicted molar refractivity (Wildman–Crippen MR) is 266 cm³/mol. The number of allylic oxidation sites excluding steroid dienone is 10. The molecule has 0 saturated carbocycles. The molecule has 63 heavy (non-hydrogen) atoms. The number of carbonyl (C=O) groups excluding carboxylic acids is 2. The molecule has 0 aromatic heterocycles. The molecular formula is C53H96NO8P. The fourth-order valence-corrected chi connectivity index (χ4v) is 7.86. The summed E-state index contributed by atoms with van der Waals surface area (Å²) in [5.74, 6) is -0.832. The second-order valence-electron chi connectivity index (χ2n) is 17.0. The molecule has 2 unspecified atom stereocenters. The number of nitrogens with two attached hydrogens (primary N) is 1. The summed E-state index contributed by atoms with van der Waals surface area (Å²) < 4.78 is 32.9. The Morgan fingerprint density at radius 2 is 0.873 bits per heavy atom. The summed E-state index contributed by atoms with van der Waals surface area (Å²) in [6.07, 6.45) is 59.7. The van der Waals surface area contributed by atoms with Crippen LogP contribution in [0, 0.1) is 0 Å². The molecule has 0 fully saturated rings. The van der Waals surface area contributed by atoms with Crippen molar-refractivity contribution >= 4 is 19.8 Å². The van der Waals surface area contributed by atoms with Crippen LogP contribution in [0.15, 0.2) is 60.8 Å². The van der Waals surface area contributed by atoms with Crippen LogP contribution in [-0.4, -0.2) is 49.3 Å². The van der Waals surface area contributed by atoms with Gasteiger partial charge in [-0.1, -0.05) is 203 Å². The third-order valence-corrected chi connectivity index (χ3v) is 11.9. The second-order valence-corrected chi connectivity index (χ2v) is 18.5. The van der Waals surface area contributed by atoms with Crippen LogP contribution >= 0.6 is 7.82 Å². The number of unbranched alkanes of at least 4 members (excludes halogenated alkanes) is 25. The van der Waals surface area contributed by atoms with Gasteiger partial charge in [-0.2, -0.15) is 0 Å². The SMILES string of the molecule is CC/C=C\C/C=C\C/C=C\C/C=C\CCCCCCCCCCCCC(=O)OC(COC(=O)CCCCCCCCCCC/C=C\CCCCCCCC)COP(=O)(O)OCCN. The number of phosphoric acid groups is 1. The average molecular weight is 906 g/mol. The second kappa shape index (κ2) is 49.2. The lowest BCUT2D eigenvalue weighted by Gasteiger charge is -2.19. The molecule has 0 aliphatic heterocycles. The van der Waals surface area contributed by atoms with Crippen LogP contribution < -0.4 is 5.73 Å². The predicted octanol–water partition coefficient (Wildman–Crippen LogP) is 15.6. The van der Waals surface area contributed by atoms with E-state index in [1.54, 1.807) is 0 Å². The fraction of sp³-hybridized carbons (Fsp3) is 0.774. The Bertz CT molecular complexity index is 1220. The van der Waals surface area contributed by atoms with E-state index in [4.69, 9.17) is 24.3 Å². The van der Waals surface area contributed by atoms with E-state index >= 15 is 0 Å². The number of esters is 2. The highest BCUT2D eigenvalue weighted by molar-refractivity contribution is 7.47. The van der Waals surface area contributed by atoms with Gasteiger partial charge in [-0.3, -0.25) is 18.6 Å². The first-order chi connectivity index (χ1) is 30.8. The first kappa shape index (κ1) is 60.7. The smallest absolute Gasteiger partial charge is 0.462 e. The van der Waals surface area contributed by atoms with Gasteiger partial charge in [0.25, 0.3) is 0 Å². The van der Waals surface area contributed by atoms with Gasteiger partial charge in [0.1, 0.15) is 6.61 Å². The maximum Gasteiger partial charge on any atom is 0.472 e. The van der Waals surface area contributed by atoms with Crippen molar-refractivity contribution < 1.29 is 37.6 Å². The summed E-state index contributed by atoms with van der Waals surface area (Å²) in [5.41, 5.74) is 5.37. The zero-order chi connectivity index (χ0) is 46.0. The van der Waals surface area contributed by atoms with Crippen LogP contribution in [0.2, 0.25) is 0 Å². The molecule has 0 amide bonds. The molecule has 0 aromatic carbocycles. The van der Waals surface area contributed by atoms with Gasteiger partial charge in [0, 0.05) is 19.4 Å². The van der Waals surface area contributed by atoms with E-state index in [0.717, 1.165) is 70.6 Å². The molecule has 0 spiro atoms. The van der Waals surface area contributed by atoms with Crippen molar-refractivity contribution in [3.63, 3.8) is 0 Å². The Hall–Kier alpha value is -2.29. The van der Waals surface area contributed by atoms with Crippen molar-refractivity contribution in [2.75, 3.05) is 26.4 Å². The first-order valence-electron chi connectivity index (χ1n) is 25.8. The van der Waals surface area contributed by atoms with Gasteiger partial charge in [0.05, 0.1) is 13.2 Å². The summed E-state index contributed by atoms with van der Waals surface area (Å²) in [5, 5.41) is 0. The molecule has 0 heterocycles. The molecule has 10 heteroatoms. The molecule has 0 rings (SSSR count). The third-order valence-electron chi connectivity index (χ3n) is 10.9. The van der Waals surface area contributed by atoms with Crippen molar-refractivity contribution in [3.8, 4) is 0 Å². The molecule has 366 valence electrons. The Kier molecular flexibility index (Phi) is 47.4. The summed E-state index contributed by atoms with van der Waals surface area (Å²) in [7, 11) is -4.39. The van der Waals surface area contributed by atoms with Crippen LogP contribution in [0.5, 0.6) is 0 Å². The van der Waals surface area contributed by atoms with Crippen LogP contribution in [0.25, 0.3) is 0 Å². The van der Waals surface area contributed by atoms with E-state index in [1.807, 2.05) is 0 Å². The van der Waals surface area contributed by atoms with E-state index in [0.29, 0.717) is 6.42 Å². The van der Waals surface area contributed by atoms with Gasteiger partial charge in [0.15, 0.2) is 6.10 Å². The van der Waals surface area contributed by atoms with Gasteiger partial charge >= 0.3 is 19.8 Å². The molecule has 0 radical (unpaired) electrons. The monoisotopic (exact) mass is 906 g/mol. The summed E-state index contributed by atoms with van der Waals surface area (Å²) >= 11 is 0. The van der Waals surface area contributed by atoms with Crippen molar-refractivity contribution in [2.24, 2.45) is 5.73 Å². The Balaban J connectivity index is 4.05. The number of hydrogen-bond acceptors (Lipinski definition) is 8. The number of carbonyl (C=O) groups is 2. The van der Waals surface area contributed by atoms with Crippen LogP contribution in [0.4, 0.5) is 0 Å². The molecule has 0 aliphatic rings. The zero-order valence-corrected chi connectivity index (χ0v) is 41.4. The van der Waals surface area contributed by atoms with Crippen LogP contribution in [0.1, 0.15) is 232 Å². The lowest BCUT2D eigenvalue weighted by molar-refractivity contribution is -0.161. The summed E-state index contributed by atoms with van der Waals surface area (Å²) in [6.45, 7) is 3.63. The minimum atomic E-state index is -4.39. The topological polar surface area (TPSA) is 134 Å². The van der Waals surface area contributed by atoms with E-state index in [-0.39, 0.29) is 38.6 Å². The Labute approximate surface area is 387 Å². The molecule has 0 bridgehead atoms. The molecule has 2 atom stereocenters. The highest BCUT2D eigenvalue weighted by atomic mass is 31.2. The molecule has 0 aromatic rings. The maximum absolute atomic E-state index is 12.7. The highest BCUT2D eigenvalue weighted by Gasteiger charge is 2.26. The average Bonchev–Trinajstić information content (AvgIpc) is 3.27. The molecular weight excluding hydrogens is 810 g/mol. The van der Waals surface area contributed by atoms with E-state index in [1.165, 1.54) is 128 Å². The lowest BCUT2D eigenvalue weighted by atomic mass is 10.0. The Morgan fingerprint density at radius 3 is 1.32 bits per heavy atom. The van der Waals surface area contributed by atoms with Crippen LogP contribution in [0.3, 0.4) is 0 Å². The highest BCUT2D eigenvalue weighted by Crippen LogP contribution is 2.43. The van der Waals surface area contributed by atoms with Gasteiger partial charge in [-0.05, 0) is 77.0 Å². The standard InChI is InChI=1S/C53H96NO8P/c1-3-5-7-9-11-13-15-17-19-21-23-24-25-26-28-30-32-34-36-38-40-42-44-46-53(56)62-51(50-61-63(57,58)60-48-47-54)49-59-52(55)45-43-41-39-37-35-33-31-29-27-22-20-18-16-14-12-10-8-6-4-2/h5,7,11,13,17-20,23-24,51H,3-4,6,8-10,12,14-16,21-22,25-50,54H2,1-2H3,(H,57,58)/b7-5-,13-11-,19-17-,20-18-,24-23-. The van der Waals surface area contributed by atoms with Gasteiger partial charge in [-0.15, -0.1) is 0 Å². The lowest BCUT2D eigenvalue weighted by Crippen LogP contribution is -2.29. The fourth-order valence-electron chi connectivity index (χ4n) is 7.09. The van der Waals surface area contributed by atoms with E-state index < -0.39 is 26.5 Å². The van der Waals surface area contributed by atoms with Gasteiger partial charge < -0.3 is 20.1 Å². The van der Waals surface area contributed by atoms with Crippen molar-refractivity contribution in [3.05, 3.63) is 60.8 Å². The zero-order valence-electron chi connectivity index (χ0n) is 40.6. The molecule has 0 saturated heterocycles. The third kappa shape index (κ3) is 49.0. The quantitative estimate of drug-likeness (QED) is 0.0265. The van der Waals surface area contributed by atoms with Crippen molar-refractivity contribution in [2.45, 2.75) is 238 Å². The largest absolute Gasteiger partial charge is 0.472 e. The normalized spacial score (nSPS) is 13.7. The Morgan fingerprint density at radius 1 is 0.492 bits per heavy atom. The molecule has 3 N–H and O–H groups in total. The van der Waals surface area contributed by atoms with Crippen molar-refractivity contribution in [1.29, 1.82) is 0 Å². The van der Waals surface area contributed by atoms with E-state index in [2.05, 4.69) is 74.6 Å². The van der Waals surface area contributed by atoms with Crippen molar-refractivity contribution in [1.82, 2.24) is 0 Å². The minimum absolute atomic E-state index is 0.0508. The van der Waals surface area contributed by atoms with Gasteiger partial charge in [0.2, 0.25) is 0 Å². The maximum atomic E-state index is 12.7. The number of phosphoric ester groups is 1. The summed E-state index contributed by atoms with van der Waals surface area (Å²) in [4.78, 5) is 35.1. The summed E-state index contributed by atoms with van der Waals surface area (Å²) in [6, 6.07) is 0. The molecule has 9 nitrogen and oxygen atoms in total. The minimum Gasteiger partial charge on any atom is -0.462 e. The first-order valence-corrected chi connectivity index (χ1v) is 27.3. The number of hydrogen-bond donors (Lipinski definition) is 2. The number of ether oxygens (including phenoxy) is 2. The number of rotatable bonds is 48. The van der Waals surface area contributed by atoms with E-state index in [9.17, 15) is 19.0 Å². The molecule has 0 aliphatic carbocycles. The van der Waals surface area contributed by atoms with Gasteiger partial charge in [-0.25, -0.2) is 4.57 Å².